The monoisotopic (exact) mass is 203 g/mol. The van der Waals surface area contributed by atoms with Crippen molar-refractivity contribution in [3.63, 3.8) is 0 Å². The fraction of sp³-hybridized carbons (Fsp3) is 0.800. The summed E-state index contributed by atoms with van der Waals surface area (Å²) >= 11 is 5.68. The van der Waals surface area contributed by atoms with Gasteiger partial charge in [-0.1, -0.05) is 6.58 Å². The lowest BCUT2D eigenvalue weighted by molar-refractivity contribution is 0.0349. The average molecular weight is 204 g/mol. The van der Waals surface area contributed by atoms with E-state index in [1.165, 1.54) is 12.8 Å². The van der Waals surface area contributed by atoms with Gasteiger partial charge < -0.3 is 4.74 Å². The van der Waals surface area contributed by atoms with Gasteiger partial charge in [-0.15, -0.1) is 11.6 Å². The molecule has 0 saturated carbocycles. The van der Waals surface area contributed by atoms with Crippen LogP contribution < -0.4 is 0 Å². The normalized spacial score (nSPS) is 24.6. The number of likely N-dealkylation sites (tertiary alicyclic amines) is 1. The van der Waals surface area contributed by atoms with E-state index in [-0.39, 0.29) is 0 Å². The first-order valence-corrected chi connectivity index (χ1v) is 5.27. The summed E-state index contributed by atoms with van der Waals surface area (Å²) in [6, 6.07) is 0. The van der Waals surface area contributed by atoms with Crippen LogP contribution in [0.15, 0.2) is 12.2 Å². The van der Waals surface area contributed by atoms with E-state index in [2.05, 4.69) is 11.5 Å². The molecular weight excluding hydrogens is 186 g/mol. The van der Waals surface area contributed by atoms with E-state index in [1.807, 2.05) is 0 Å². The molecule has 2 nitrogen and oxygen atoms in total. The molecule has 13 heavy (non-hydrogen) atoms. The summed E-state index contributed by atoms with van der Waals surface area (Å²) in [6.07, 6.45) is 2.80. The largest absolute Gasteiger partial charge is 0.380 e. The minimum absolute atomic E-state index is 0.400. The van der Waals surface area contributed by atoms with Gasteiger partial charge in [-0.2, -0.15) is 0 Å². The van der Waals surface area contributed by atoms with Gasteiger partial charge in [-0.25, -0.2) is 0 Å². The number of alkyl halides is 1. The predicted molar refractivity (Wildman–Crippen MR) is 56.3 cm³/mol. The van der Waals surface area contributed by atoms with Crippen LogP contribution in [0, 0.1) is 0 Å². The zero-order valence-electron chi connectivity index (χ0n) is 8.26. The number of nitrogens with zero attached hydrogens (tertiary/aromatic N) is 1. The van der Waals surface area contributed by atoms with Crippen molar-refractivity contribution in [2.45, 2.75) is 18.9 Å². The highest BCUT2D eigenvalue weighted by Crippen LogP contribution is 2.13. The molecule has 0 aliphatic carbocycles. The maximum Gasteiger partial charge on any atom is 0.0698 e. The van der Waals surface area contributed by atoms with Crippen LogP contribution in [-0.2, 0) is 4.74 Å². The highest BCUT2D eigenvalue weighted by molar-refractivity contribution is 6.19. The molecule has 1 saturated heterocycles. The minimum atomic E-state index is 0.400. The second-order valence-electron chi connectivity index (χ2n) is 3.62. The van der Waals surface area contributed by atoms with Gasteiger partial charge in [-0.3, -0.25) is 4.90 Å². The average Bonchev–Trinajstić information content (AvgIpc) is 2.18. The number of hydrogen-bond donors (Lipinski definition) is 0. The Morgan fingerprint density at radius 3 is 3.08 bits per heavy atom. The van der Waals surface area contributed by atoms with Crippen molar-refractivity contribution in [1.82, 2.24) is 4.90 Å². The summed E-state index contributed by atoms with van der Waals surface area (Å²) in [4.78, 5) is 2.36. The fourth-order valence-electron chi connectivity index (χ4n) is 1.71. The summed E-state index contributed by atoms with van der Waals surface area (Å²) in [5.74, 6) is 0.564. The molecule has 0 aromatic carbocycles. The Morgan fingerprint density at radius 1 is 1.69 bits per heavy atom. The molecule has 3 heteroatoms. The van der Waals surface area contributed by atoms with Crippen LogP contribution in [0.25, 0.3) is 0 Å². The molecule has 1 fully saturated rings. The van der Waals surface area contributed by atoms with Gasteiger partial charge in [0.05, 0.1) is 6.10 Å². The number of halogens is 1. The molecule has 0 amide bonds. The molecular formula is C10H18ClNO. The Kier molecular flexibility index (Phi) is 4.78. The predicted octanol–water partition coefficient (Wildman–Crippen LogP) is 1.89. The van der Waals surface area contributed by atoms with Crippen molar-refractivity contribution in [2.24, 2.45) is 0 Å². The molecule has 76 valence electrons. The fourth-order valence-corrected chi connectivity index (χ4v) is 1.79. The van der Waals surface area contributed by atoms with Crippen molar-refractivity contribution in [3.8, 4) is 0 Å². The molecule has 0 N–H and O–H groups in total. The first-order valence-electron chi connectivity index (χ1n) is 4.74. The van der Waals surface area contributed by atoms with E-state index in [4.69, 9.17) is 16.3 Å². The Morgan fingerprint density at radius 2 is 2.46 bits per heavy atom. The quantitative estimate of drug-likeness (QED) is 0.511. The van der Waals surface area contributed by atoms with Gasteiger partial charge in [-0.05, 0) is 25.0 Å². The molecule has 0 aromatic rings. The third-order valence-corrected chi connectivity index (χ3v) is 2.81. The standard InChI is InChI=1S/C10H18ClNO/c1-9(6-11)7-12-5-3-4-10(8-12)13-2/h10H,1,3-8H2,2H3. The molecule has 0 spiro atoms. The highest BCUT2D eigenvalue weighted by Gasteiger charge is 2.19. The van der Waals surface area contributed by atoms with E-state index in [0.29, 0.717) is 12.0 Å². The van der Waals surface area contributed by atoms with Crippen LogP contribution in [0.4, 0.5) is 0 Å². The molecule has 1 aliphatic heterocycles. The Labute approximate surface area is 85.5 Å². The number of methoxy groups -OCH3 is 1. The van der Waals surface area contributed by atoms with Crippen molar-refractivity contribution >= 4 is 11.6 Å². The van der Waals surface area contributed by atoms with Gasteiger partial charge in [0, 0.05) is 26.1 Å². The van der Waals surface area contributed by atoms with Crippen LogP contribution in [-0.4, -0.2) is 43.6 Å². The topological polar surface area (TPSA) is 12.5 Å². The van der Waals surface area contributed by atoms with Crippen LogP contribution in [0.5, 0.6) is 0 Å². The van der Waals surface area contributed by atoms with E-state index < -0.39 is 0 Å². The summed E-state index contributed by atoms with van der Waals surface area (Å²) in [6.45, 7) is 6.99. The van der Waals surface area contributed by atoms with E-state index in [9.17, 15) is 0 Å². The summed E-state index contributed by atoms with van der Waals surface area (Å²) < 4.78 is 5.33. The Hall–Kier alpha value is -0.0500. The zero-order valence-corrected chi connectivity index (χ0v) is 9.02. The Bertz CT molecular complexity index is 172. The summed E-state index contributed by atoms with van der Waals surface area (Å²) in [5.41, 5.74) is 1.10. The highest BCUT2D eigenvalue weighted by atomic mass is 35.5. The molecule has 1 atom stereocenters. The van der Waals surface area contributed by atoms with Gasteiger partial charge in [0.15, 0.2) is 0 Å². The van der Waals surface area contributed by atoms with E-state index in [1.54, 1.807) is 7.11 Å². The van der Waals surface area contributed by atoms with Crippen LogP contribution in [0.3, 0.4) is 0 Å². The van der Waals surface area contributed by atoms with Gasteiger partial charge in [0.25, 0.3) is 0 Å². The molecule has 1 heterocycles. The first kappa shape index (κ1) is 11.0. The van der Waals surface area contributed by atoms with Crippen LogP contribution in [0.2, 0.25) is 0 Å². The van der Waals surface area contributed by atoms with Crippen molar-refractivity contribution < 1.29 is 4.74 Å². The van der Waals surface area contributed by atoms with Crippen LogP contribution in [0.1, 0.15) is 12.8 Å². The second-order valence-corrected chi connectivity index (χ2v) is 3.89. The smallest absolute Gasteiger partial charge is 0.0698 e. The minimum Gasteiger partial charge on any atom is -0.380 e. The maximum absolute atomic E-state index is 5.68. The van der Waals surface area contributed by atoms with E-state index in [0.717, 1.165) is 25.2 Å². The lowest BCUT2D eigenvalue weighted by Gasteiger charge is -2.32. The third kappa shape index (κ3) is 3.67. The molecule has 1 aliphatic rings. The number of ether oxygens (including phenoxy) is 1. The van der Waals surface area contributed by atoms with Crippen LogP contribution >= 0.6 is 11.6 Å². The number of rotatable bonds is 4. The Balaban J connectivity index is 2.29. The zero-order chi connectivity index (χ0) is 9.68. The number of piperidine rings is 1. The van der Waals surface area contributed by atoms with Gasteiger partial charge in [0.2, 0.25) is 0 Å². The molecule has 1 unspecified atom stereocenters. The van der Waals surface area contributed by atoms with Crippen molar-refractivity contribution in [2.75, 3.05) is 32.6 Å². The number of hydrogen-bond acceptors (Lipinski definition) is 2. The molecule has 0 radical (unpaired) electrons. The van der Waals surface area contributed by atoms with E-state index >= 15 is 0 Å². The summed E-state index contributed by atoms with van der Waals surface area (Å²) in [5, 5.41) is 0. The lowest BCUT2D eigenvalue weighted by atomic mass is 10.1. The maximum atomic E-state index is 5.68. The molecule has 0 bridgehead atoms. The first-order chi connectivity index (χ1) is 6.26. The SMILES string of the molecule is C=C(CCl)CN1CCCC(OC)C1. The van der Waals surface area contributed by atoms with Gasteiger partial charge in [0.1, 0.15) is 0 Å². The van der Waals surface area contributed by atoms with Crippen molar-refractivity contribution in [1.29, 1.82) is 0 Å². The van der Waals surface area contributed by atoms with Gasteiger partial charge >= 0.3 is 0 Å². The third-order valence-electron chi connectivity index (χ3n) is 2.43. The second kappa shape index (κ2) is 5.63. The molecule has 1 rings (SSSR count). The lowest BCUT2D eigenvalue weighted by Crippen LogP contribution is -2.40. The molecule has 0 aromatic heterocycles. The van der Waals surface area contributed by atoms with Crippen molar-refractivity contribution in [3.05, 3.63) is 12.2 Å². The summed E-state index contributed by atoms with van der Waals surface area (Å²) in [7, 11) is 1.78.